The maximum Gasteiger partial charge on any atom is 0.340 e. The molecule has 0 spiro atoms. The average Bonchev–Trinajstić information content (AvgIpc) is 2.97. The molecule has 1 atom stereocenters. The number of aromatic nitrogens is 1. The van der Waals surface area contributed by atoms with Crippen LogP contribution in [-0.2, 0) is 9.53 Å². The van der Waals surface area contributed by atoms with Crippen LogP contribution < -0.4 is 0 Å². The summed E-state index contributed by atoms with van der Waals surface area (Å²) >= 11 is 0. The van der Waals surface area contributed by atoms with Gasteiger partial charge >= 0.3 is 5.97 Å². The Labute approximate surface area is 160 Å². The number of likely N-dealkylation sites (tertiary alicyclic amines) is 1. The van der Waals surface area contributed by atoms with Crippen LogP contribution in [0.4, 0.5) is 0 Å². The zero-order valence-corrected chi connectivity index (χ0v) is 16.0. The fraction of sp³-hybridized carbons (Fsp3) is 0.409. The summed E-state index contributed by atoms with van der Waals surface area (Å²) in [6.45, 7) is 4.91. The van der Waals surface area contributed by atoms with Gasteiger partial charge in [-0.15, -0.1) is 0 Å². The van der Waals surface area contributed by atoms with Crippen molar-refractivity contribution in [2.24, 2.45) is 0 Å². The van der Waals surface area contributed by atoms with Crippen molar-refractivity contribution in [1.29, 1.82) is 0 Å². The lowest BCUT2D eigenvalue weighted by molar-refractivity contribution is -0.139. The van der Waals surface area contributed by atoms with Crippen molar-refractivity contribution in [2.75, 3.05) is 13.1 Å². The quantitative estimate of drug-likeness (QED) is 0.767. The predicted molar refractivity (Wildman–Crippen MR) is 104 cm³/mol. The van der Waals surface area contributed by atoms with Gasteiger partial charge in [0.1, 0.15) is 0 Å². The molecule has 1 aromatic heterocycles. The second kappa shape index (κ2) is 8.80. The van der Waals surface area contributed by atoms with Crippen LogP contribution >= 0.6 is 0 Å². The number of amides is 1. The standard InChI is InChI=1S/C22H26N2O3/c1-16-19(12-13-20(23-16)18-10-6-5-7-11-18)22(26)27-17(2)21(25)24-14-8-3-4-9-15-24/h5-7,10-13,17H,3-4,8-9,14-15H2,1-2H3. The molecule has 1 amide bonds. The number of aryl methyl sites for hydroxylation is 1. The van der Waals surface area contributed by atoms with Crippen molar-refractivity contribution in [2.45, 2.75) is 45.6 Å². The van der Waals surface area contributed by atoms with Gasteiger partial charge in [0, 0.05) is 18.7 Å². The van der Waals surface area contributed by atoms with Crippen molar-refractivity contribution in [3.05, 3.63) is 53.7 Å². The molecule has 2 heterocycles. The molecule has 1 saturated heterocycles. The summed E-state index contributed by atoms with van der Waals surface area (Å²) in [6, 6.07) is 13.3. The van der Waals surface area contributed by atoms with Crippen molar-refractivity contribution >= 4 is 11.9 Å². The van der Waals surface area contributed by atoms with Crippen LogP contribution in [0, 0.1) is 6.92 Å². The van der Waals surface area contributed by atoms with Crippen molar-refractivity contribution in [1.82, 2.24) is 9.88 Å². The number of rotatable bonds is 4. The minimum Gasteiger partial charge on any atom is -0.449 e. The SMILES string of the molecule is Cc1nc(-c2ccccc2)ccc1C(=O)OC(C)C(=O)N1CCCCCC1. The molecule has 1 aromatic carbocycles. The van der Waals surface area contributed by atoms with Crippen LogP contribution in [0.25, 0.3) is 11.3 Å². The number of benzene rings is 1. The monoisotopic (exact) mass is 366 g/mol. The molecular weight excluding hydrogens is 340 g/mol. The van der Waals surface area contributed by atoms with E-state index in [4.69, 9.17) is 4.74 Å². The van der Waals surface area contributed by atoms with E-state index in [2.05, 4.69) is 4.98 Å². The van der Waals surface area contributed by atoms with Crippen molar-refractivity contribution in [3.8, 4) is 11.3 Å². The third-order valence-electron chi connectivity index (χ3n) is 4.92. The van der Waals surface area contributed by atoms with Crippen molar-refractivity contribution < 1.29 is 14.3 Å². The minimum atomic E-state index is -0.788. The topological polar surface area (TPSA) is 59.5 Å². The molecule has 1 aliphatic heterocycles. The van der Waals surface area contributed by atoms with Gasteiger partial charge in [-0.05, 0) is 38.8 Å². The van der Waals surface area contributed by atoms with Crippen LogP contribution in [0.3, 0.4) is 0 Å². The van der Waals surface area contributed by atoms with E-state index < -0.39 is 12.1 Å². The van der Waals surface area contributed by atoms with Crippen LogP contribution in [0.5, 0.6) is 0 Å². The molecule has 5 heteroatoms. The van der Waals surface area contributed by atoms with E-state index in [1.807, 2.05) is 35.2 Å². The Morgan fingerprint density at radius 2 is 1.67 bits per heavy atom. The summed E-state index contributed by atoms with van der Waals surface area (Å²) in [5.74, 6) is -0.618. The lowest BCUT2D eigenvalue weighted by Crippen LogP contribution is -2.40. The van der Waals surface area contributed by atoms with E-state index in [1.165, 1.54) is 0 Å². The Morgan fingerprint density at radius 1 is 1.00 bits per heavy atom. The van der Waals surface area contributed by atoms with Gasteiger partial charge in [-0.2, -0.15) is 0 Å². The molecule has 1 fully saturated rings. The maximum absolute atomic E-state index is 12.6. The zero-order valence-electron chi connectivity index (χ0n) is 16.0. The maximum atomic E-state index is 12.6. The summed E-state index contributed by atoms with van der Waals surface area (Å²) in [5.41, 5.74) is 2.78. The van der Waals surface area contributed by atoms with Gasteiger partial charge in [0.2, 0.25) is 0 Å². The highest BCUT2D eigenvalue weighted by atomic mass is 16.5. The number of pyridine rings is 1. The Bertz CT molecular complexity index is 796. The van der Waals surface area contributed by atoms with Crippen LogP contribution in [0.1, 0.15) is 48.7 Å². The molecule has 0 radical (unpaired) electrons. The molecule has 1 aliphatic rings. The molecule has 3 rings (SSSR count). The molecule has 2 aromatic rings. The van der Waals surface area contributed by atoms with E-state index >= 15 is 0 Å². The van der Waals surface area contributed by atoms with E-state index in [9.17, 15) is 9.59 Å². The number of ether oxygens (including phenoxy) is 1. The zero-order chi connectivity index (χ0) is 19.2. The van der Waals surface area contributed by atoms with Gasteiger partial charge < -0.3 is 9.64 Å². The third-order valence-corrected chi connectivity index (χ3v) is 4.92. The summed E-state index contributed by atoms with van der Waals surface area (Å²) < 4.78 is 5.45. The third kappa shape index (κ3) is 4.73. The first-order valence-electron chi connectivity index (χ1n) is 9.59. The highest BCUT2D eigenvalue weighted by molar-refractivity contribution is 5.93. The van der Waals surface area contributed by atoms with Gasteiger partial charge in [-0.3, -0.25) is 9.78 Å². The molecule has 1 unspecified atom stereocenters. The fourth-order valence-corrected chi connectivity index (χ4v) is 3.37. The molecule has 0 saturated carbocycles. The minimum absolute atomic E-state index is 0.114. The number of esters is 1. The largest absolute Gasteiger partial charge is 0.449 e. The van der Waals surface area contributed by atoms with Crippen LogP contribution in [-0.4, -0.2) is 41.0 Å². The van der Waals surface area contributed by atoms with E-state index in [1.54, 1.807) is 26.0 Å². The first-order valence-corrected chi connectivity index (χ1v) is 9.59. The molecule has 0 bridgehead atoms. The summed E-state index contributed by atoms with van der Waals surface area (Å²) in [5, 5.41) is 0. The van der Waals surface area contributed by atoms with Gasteiger partial charge in [-0.25, -0.2) is 4.79 Å². The number of nitrogens with zero attached hydrogens (tertiary/aromatic N) is 2. The van der Waals surface area contributed by atoms with Gasteiger partial charge in [-0.1, -0.05) is 43.2 Å². The second-order valence-electron chi connectivity index (χ2n) is 6.98. The van der Waals surface area contributed by atoms with Gasteiger partial charge in [0.15, 0.2) is 6.10 Å². The first-order chi connectivity index (χ1) is 13.1. The van der Waals surface area contributed by atoms with E-state index in [0.29, 0.717) is 11.3 Å². The Hall–Kier alpha value is -2.69. The second-order valence-corrected chi connectivity index (χ2v) is 6.98. The van der Waals surface area contributed by atoms with Crippen LogP contribution in [0.2, 0.25) is 0 Å². The smallest absolute Gasteiger partial charge is 0.340 e. The first kappa shape index (κ1) is 19.1. The lowest BCUT2D eigenvalue weighted by Gasteiger charge is -2.24. The molecular formula is C22H26N2O3. The predicted octanol–water partition coefficient (Wildman–Crippen LogP) is 4.00. The molecule has 0 aliphatic carbocycles. The van der Waals surface area contributed by atoms with Crippen molar-refractivity contribution in [3.63, 3.8) is 0 Å². The normalized spacial score (nSPS) is 15.7. The number of carbonyl (C=O) groups is 2. The average molecular weight is 366 g/mol. The molecule has 0 N–H and O–H groups in total. The summed E-state index contributed by atoms with van der Waals surface area (Å²) in [4.78, 5) is 31.5. The number of hydrogen-bond donors (Lipinski definition) is 0. The fourth-order valence-electron chi connectivity index (χ4n) is 3.37. The number of hydrogen-bond acceptors (Lipinski definition) is 4. The van der Waals surface area contributed by atoms with Gasteiger partial charge in [0.05, 0.1) is 17.0 Å². The Kier molecular flexibility index (Phi) is 6.22. The van der Waals surface area contributed by atoms with Crippen LogP contribution in [0.15, 0.2) is 42.5 Å². The Balaban J connectivity index is 1.67. The lowest BCUT2D eigenvalue weighted by atomic mass is 10.1. The summed E-state index contributed by atoms with van der Waals surface area (Å²) in [7, 11) is 0. The highest BCUT2D eigenvalue weighted by Crippen LogP contribution is 2.20. The molecule has 5 nitrogen and oxygen atoms in total. The molecule has 27 heavy (non-hydrogen) atoms. The van der Waals surface area contributed by atoms with E-state index in [0.717, 1.165) is 50.0 Å². The Morgan fingerprint density at radius 3 is 2.30 bits per heavy atom. The summed E-state index contributed by atoms with van der Waals surface area (Å²) in [6.07, 6.45) is 3.53. The highest BCUT2D eigenvalue weighted by Gasteiger charge is 2.25. The molecule has 142 valence electrons. The van der Waals surface area contributed by atoms with E-state index in [-0.39, 0.29) is 5.91 Å². The van der Waals surface area contributed by atoms with Gasteiger partial charge in [0.25, 0.3) is 5.91 Å². The number of carbonyl (C=O) groups excluding carboxylic acids is 2.